The van der Waals surface area contributed by atoms with Crippen LogP contribution in [0.4, 0.5) is 0 Å². The van der Waals surface area contributed by atoms with Crippen LogP contribution in [0.25, 0.3) is 0 Å². The van der Waals surface area contributed by atoms with Gasteiger partial charge in [-0.15, -0.1) is 0 Å². The average Bonchev–Trinajstić information content (AvgIpc) is 2.30. The summed E-state index contributed by atoms with van der Waals surface area (Å²) in [4.78, 5) is 2.41. The molecule has 17 heavy (non-hydrogen) atoms. The maximum absolute atomic E-state index is 8.24. The first-order valence-corrected chi connectivity index (χ1v) is 6.88. The lowest BCUT2D eigenvalue weighted by Crippen LogP contribution is -2.35. The highest BCUT2D eigenvalue weighted by Crippen LogP contribution is 2.14. The summed E-state index contributed by atoms with van der Waals surface area (Å²) in [5, 5.41) is 11.5. The fourth-order valence-electron chi connectivity index (χ4n) is 2.25. The van der Waals surface area contributed by atoms with Crippen LogP contribution in [0, 0.1) is 11.3 Å². The van der Waals surface area contributed by atoms with Crippen LogP contribution >= 0.6 is 0 Å². The fourth-order valence-corrected chi connectivity index (χ4v) is 2.25. The number of hydrogen-bond acceptors (Lipinski definition) is 3. The van der Waals surface area contributed by atoms with Gasteiger partial charge in [-0.25, -0.2) is 0 Å². The van der Waals surface area contributed by atoms with Gasteiger partial charge >= 0.3 is 0 Å². The Hall–Kier alpha value is -0.830. The van der Waals surface area contributed by atoms with Gasteiger partial charge in [0.25, 0.3) is 0 Å². The lowest BCUT2D eigenvalue weighted by Gasteiger charge is -2.27. The molecule has 3 nitrogen and oxygen atoms in total. The van der Waals surface area contributed by atoms with Gasteiger partial charge in [0.15, 0.2) is 0 Å². The summed E-state index contributed by atoms with van der Waals surface area (Å²) < 4.78 is 0. The molecule has 1 saturated heterocycles. The third-order valence-electron chi connectivity index (χ3n) is 3.26. The third-order valence-corrected chi connectivity index (χ3v) is 3.26. The molecule has 1 heterocycles. The topological polar surface area (TPSA) is 39.1 Å². The lowest BCUT2D eigenvalue weighted by molar-refractivity contribution is 0.258. The number of nitrogens with zero attached hydrogens (tertiary/aromatic N) is 1. The van der Waals surface area contributed by atoms with E-state index in [9.17, 15) is 0 Å². The Kier molecular flexibility index (Phi) is 6.27. The molecule has 1 fully saturated rings. The van der Waals surface area contributed by atoms with E-state index in [4.69, 9.17) is 5.41 Å². The summed E-state index contributed by atoms with van der Waals surface area (Å²) in [7, 11) is 0. The van der Waals surface area contributed by atoms with E-state index >= 15 is 0 Å². The Balaban J connectivity index is 2.52. The highest BCUT2D eigenvalue weighted by atomic mass is 15.1. The molecule has 3 heteroatoms. The molecule has 1 aliphatic heterocycles. The van der Waals surface area contributed by atoms with Crippen molar-refractivity contribution in [3.05, 3.63) is 11.8 Å². The van der Waals surface area contributed by atoms with E-state index in [0.29, 0.717) is 5.92 Å². The molecule has 0 aromatic carbocycles. The first-order valence-electron chi connectivity index (χ1n) is 6.88. The molecule has 0 atom stereocenters. The molecular formula is C14H27N3. The molecular weight excluding hydrogens is 210 g/mol. The van der Waals surface area contributed by atoms with Crippen molar-refractivity contribution in [2.75, 3.05) is 26.2 Å². The number of nitrogens with one attached hydrogen (secondary N) is 2. The second-order valence-corrected chi connectivity index (χ2v) is 5.13. The molecule has 0 aromatic heterocycles. The summed E-state index contributed by atoms with van der Waals surface area (Å²) in [6.07, 6.45) is 5.97. The Morgan fingerprint density at radius 1 is 1.29 bits per heavy atom. The molecule has 1 aliphatic rings. The van der Waals surface area contributed by atoms with E-state index < -0.39 is 0 Å². The third kappa shape index (κ3) is 4.90. The molecule has 0 amide bonds. The predicted molar refractivity (Wildman–Crippen MR) is 74.6 cm³/mol. The normalized spacial score (nSPS) is 18.5. The molecule has 0 aromatic rings. The molecule has 0 aliphatic carbocycles. The summed E-state index contributed by atoms with van der Waals surface area (Å²) in [5.41, 5.74) is 1.93. The van der Waals surface area contributed by atoms with Crippen LogP contribution in [0.3, 0.4) is 0 Å². The summed E-state index contributed by atoms with van der Waals surface area (Å²) in [6.45, 7) is 10.5. The second-order valence-electron chi connectivity index (χ2n) is 5.13. The zero-order valence-electron chi connectivity index (χ0n) is 11.6. The minimum atomic E-state index is 0.423. The van der Waals surface area contributed by atoms with Crippen LogP contribution in [-0.4, -0.2) is 36.8 Å². The van der Waals surface area contributed by atoms with E-state index in [1.54, 1.807) is 0 Å². The minimum Gasteiger partial charge on any atom is -0.391 e. The second kappa shape index (κ2) is 7.49. The maximum atomic E-state index is 8.24. The molecule has 0 saturated carbocycles. The van der Waals surface area contributed by atoms with E-state index in [0.717, 1.165) is 37.5 Å². The van der Waals surface area contributed by atoms with Crippen molar-refractivity contribution in [2.24, 2.45) is 5.92 Å². The van der Waals surface area contributed by atoms with Crippen molar-refractivity contribution in [1.29, 1.82) is 5.41 Å². The van der Waals surface area contributed by atoms with Gasteiger partial charge in [-0.3, -0.25) is 4.90 Å². The molecule has 1 rings (SSSR count). The number of hydrogen-bond donors (Lipinski definition) is 2. The van der Waals surface area contributed by atoms with Gasteiger partial charge in [0, 0.05) is 19.3 Å². The summed E-state index contributed by atoms with van der Waals surface area (Å²) in [6, 6.07) is 0. The molecule has 0 unspecified atom stereocenters. The van der Waals surface area contributed by atoms with Gasteiger partial charge in [-0.05, 0) is 44.3 Å². The van der Waals surface area contributed by atoms with E-state index in [1.807, 2.05) is 6.20 Å². The van der Waals surface area contributed by atoms with Crippen LogP contribution in [0.2, 0.25) is 0 Å². The van der Waals surface area contributed by atoms with Gasteiger partial charge in [0.1, 0.15) is 0 Å². The molecule has 2 N–H and O–H groups in total. The van der Waals surface area contributed by atoms with Gasteiger partial charge in [-0.1, -0.05) is 20.3 Å². The highest BCUT2D eigenvalue weighted by molar-refractivity contribution is 5.99. The molecule has 0 spiro atoms. The zero-order valence-corrected chi connectivity index (χ0v) is 11.6. The molecule has 0 radical (unpaired) electrons. The lowest BCUT2D eigenvalue weighted by atomic mass is 9.98. The Bertz CT molecular complexity index is 263. The number of rotatable bonds is 6. The van der Waals surface area contributed by atoms with Crippen LogP contribution < -0.4 is 5.32 Å². The van der Waals surface area contributed by atoms with Crippen LogP contribution in [0.15, 0.2) is 11.8 Å². The highest BCUT2D eigenvalue weighted by Gasteiger charge is 2.15. The standard InChI is InChI=1S/C14H27N3/c1-4-16-10-13(12(2)3)14(15)11-17-8-6-5-7-9-17/h10,12,15-16H,4-9,11H2,1-3H3/b13-10-,15-14?. The fraction of sp³-hybridized carbons (Fsp3) is 0.786. The first-order chi connectivity index (χ1) is 8.15. The number of piperidine rings is 1. The minimum absolute atomic E-state index is 0.423. The van der Waals surface area contributed by atoms with Crippen LogP contribution in [0.5, 0.6) is 0 Å². The van der Waals surface area contributed by atoms with E-state index in [-0.39, 0.29) is 0 Å². The predicted octanol–water partition coefficient (Wildman–Crippen LogP) is 2.64. The van der Waals surface area contributed by atoms with E-state index in [2.05, 4.69) is 31.0 Å². The SMILES string of the molecule is CCN/C=C(\C(=N)CN1CCCCC1)C(C)C. The smallest absolute Gasteiger partial charge is 0.0503 e. The van der Waals surface area contributed by atoms with Crippen molar-refractivity contribution in [2.45, 2.75) is 40.0 Å². The molecule has 98 valence electrons. The largest absolute Gasteiger partial charge is 0.391 e. The molecule has 0 bridgehead atoms. The number of likely N-dealkylation sites (tertiary alicyclic amines) is 1. The van der Waals surface area contributed by atoms with Crippen LogP contribution in [-0.2, 0) is 0 Å². The van der Waals surface area contributed by atoms with Gasteiger partial charge in [-0.2, -0.15) is 0 Å². The van der Waals surface area contributed by atoms with Crippen molar-refractivity contribution >= 4 is 5.71 Å². The average molecular weight is 237 g/mol. The van der Waals surface area contributed by atoms with Gasteiger partial charge < -0.3 is 10.7 Å². The summed E-state index contributed by atoms with van der Waals surface area (Å²) in [5.74, 6) is 0.423. The van der Waals surface area contributed by atoms with Crippen molar-refractivity contribution < 1.29 is 0 Å². The maximum Gasteiger partial charge on any atom is 0.0503 e. The van der Waals surface area contributed by atoms with Crippen molar-refractivity contribution in [3.8, 4) is 0 Å². The monoisotopic (exact) mass is 237 g/mol. The van der Waals surface area contributed by atoms with E-state index in [1.165, 1.54) is 19.3 Å². The quantitative estimate of drug-likeness (QED) is 0.697. The van der Waals surface area contributed by atoms with Gasteiger partial charge in [0.05, 0.1) is 5.71 Å². The summed E-state index contributed by atoms with van der Waals surface area (Å²) >= 11 is 0. The van der Waals surface area contributed by atoms with Gasteiger partial charge in [0.2, 0.25) is 0 Å². The van der Waals surface area contributed by atoms with Crippen LogP contribution in [0.1, 0.15) is 40.0 Å². The Morgan fingerprint density at radius 2 is 1.94 bits per heavy atom. The van der Waals surface area contributed by atoms with Crippen molar-refractivity contribution in [1.82, 2.24) is 10.2 Å². The Labute approximate surface area is 106 Å². The zero-order chi connectivity index (χ0) is 12.7. The van der Waals surface area contributed by atoms with Crippen molar-refractivity contribution in [3.63, 3.8) is 0 Å². The Morgan fingerprint density at radius 3 is 2.47 bits per heavy atom. The first kappa shape index (κ1) is 14.2.